The topological polar surface area (TPSA) is 15.3 Å². The van der Waals surface area contributed by atoms with Crippen LogP contribution < -0.4 is 5.32 Å². The number of hydrogen-bond donors (Lipinski definition) is 1. The van der Waals surface area contributed by atoms with Crippen molar-refractivity contribution >= 4 is 0 Å². The fourth-order valence-corrected chi connectivity index (χ4v) is 2.08. The summed E-state index contributed by atoms with van der Waals surface area (Å²) in [5.74, 6) is 2.50. The Morgan fingerprint density at radius 3 is 2.25 bits per heavy atom. The van der Waals surface area contributed by atoms with E-state index >= 15 is 0 Å². The van der Waals surface area contributed by atoms with Crippen molar-refractivity contribution in [2.45, 2.75) is 46.6 Å². The lowest BCUT2D eigenvalue weighted by Gasteiger charge is -2.30. The molecule has 2 nitrogen and oxygen atoms in total. The summed E-state index contributed by atoms with van der Waals surface area (Å²) in [4.78, 5) is 2.54. The Labute approximate surface area is 102 Å². The monoisotopic (exact) mass is 226 g/mol. The van der Waals surface area contributed by atoms with Crippen LogP contribution in [0.2, 0.25) is 0 Å². The zero-order valence-electron chi connectivity index (χ0n) is 11.8. The molecule has 0 saturated heterocycles. The van der Waals surface area contributed by atoms with Gasteiger partial charge in [0.15, 0.2) is 0 Å². The summed E-state index contributed by atoms with van der Waals surface area (Å²) >= 11 is 0. The van der Waals surface area contributed by atoms with Crippen LogP contribution in [0.4, 0.5) is 0 Å². The van der Waals surface area contributed by atoms with Crippen molar-refractivity contribution in [3.63, 3.8) is 0 Å². The number of rotatable bonds is 8. The normalized spacial score (nSPS) is 20.4. The van der Waals surface area contributed by atoms with Crippen LogP contribution in [-0.2, 0) is 0 Å². The first-order chi connectivity index (χ1) is 7.50. The maximum Gasteiger partial charge on any atom is 0.0102 e. The van der Waals surface area contributed by atoms with E-state index < -0.39 is 0 Å². The van der Waals surface area contributed by atoms with Crippen molar-refractivity contribution < 1.29 is 0 Å². The fraction of sp³-hybridized carbons (Fsp3) is 1.00. The first-order valence-corrected chi connectivity index (χ1v) is 6.91. The van der Waals surface area contributed by atoms with Crippen LogP contribution >= 0.6 is 0 Å². The van der Waals surface area contributed by atoms with Crippen LogP contribution in [-0.4, -0.2) is 37.6 Å². The van der Waals surface area contributed by atoms with Gasteiger partial charge in [0, 0.05) is 12.6 Å². The molecule has 0 aromatic rings. The fourth-order valence-electron chi connectivity index (χ4n) is 2.08. The SMILES string of the molecule is CC(C)CNCC(C)C(C)N(C)CC1CC1. The third kappa shape index (κ3) is 5.31. The van der Waals surface area contributed by atoms with Gasteiger partial charge >= 0.3 is 0 Å². The van der Waals surface area contributed by atoms with E-state index in [9.17, 15) is 0 Å². The average Bonchev–Trinajstić information content (AvgIpc) is 2.99. The van der Waals surface area contributed by atoms with E-state index in [4.69, 9.17) is 0 Å². The summed E-state index contributed by atoms with van der Waals surface area (Å²) in [6.07, 6.45) is 2.91. The first kappa shape index (κ1) is 14.0. The van der Waals surface area contributed by atoms with Gasteiger partial charge in [-0.1, -0.05) is 20.8 Å². The second-order valence-electron chi connectivity index (χ2n) is 6.15. The van der Waals surface area contributed by atoms with E-state index in [1.165, 1.54) is 19.4 Å². The largest absolute Gasteiger partial charge is 0.316 e. The van der Waals surface area contributed by atoms with Gasteiger partial charge in [0.05, 0.1) is 0 Å². The van der Waals surface area contributed by atoms with E-state index in [1.54, 1.807) is 0 Å². The second kappa shape index (κ2) is 6.61. The molecule has 96 valence electrons. The average molecular weight is 226 g/mol. The molecular formula is C14H30N2. The highest BCUT2D eigenvalue weighted by Crippen LogP contribution is 2.30. The third-order valence-corrected chi connectivity index (χ3v) is 3.78. The van der Waals surface area contributed by atoms with Crippen molar-refractivity contribution in [2.24, 2.45) is 17.8 Å². The van der Waals surface area contributed by atoms with Crippen LogP contribution in [0.3, 0.4) is 0 Å². The predicted octanol–water partition coefficient (Wildman–Crippen LogP) is 2.60. The molecule has 1 aliphatic carbocycles. The van der Waals surface area contributed by atoms with E-state index in [2.05, 4.69) is 45.0 Å². The van der Waals surface area contributed by atoms with Gasteiger partial charge < -0.3 is 10.2 Å². The van der Waals surface area contributed by atoms with Gasteiger partial charge in [-0.05, 0) is 57.7 Å². The summed E-state index contributed by atoms with van der Waals surface area (Å²) in [5, 5.41) is 3.56. The van der Waals surface area contributed by atoms with Gasteiger partial charge in [-0.15, -0.1) is 0 Å². The highest BCUT2D eigenvalue weighted by atomic mass is 15.1. The number of nitrogens with one attached hydrogen (secondary N) is 1. The van der Waals surface area contributed by atoms with E-state index in [0.29, 0.717) is 6.04 Å². The first-order valence-electron chi connectivity index (χ1n) is 6.91. The molecule has 0 aromatic heterocycles. The third-order valence-electron chi connectivity index (χ3n) is 3.78. The van der Waals surface area contributed by atoms with Crippen molar-refractivity contribution in [3.05, 3.63) is 0 Å². The minimum Gasteiger partial charge on any atom is -0.316 e. The minimum absolute atomic E-state index is 0.695. The lowest BCUT2D eigenvalue weighted by molar-refractivity contribution is 0.188. The zero-order chi connectivity index (χ0) is 12.1. The molecule has 0 bridgehead atoms. The molecular weight excluding hydrogens is 196 g/mol. The van der Waals surface area contributed by atoms with Gasteiger partial charge in [-0.2, -0.15) is 0 Å². The Morgan fingerprint density at radius 2 is 1.75 bits per heavy atom. The summed E-state index contributed by atoms with van der Waals surface area (Å²) < 4.78 is 0. The Balaban J connectivity index is 2.14. The quantitative estimate of drug-likeness (QED) is 0.684. The molecule has 1 aliphatic rings. The van der Waals surface area contributed by atoms with Crippen LogP contribution in [0, 0.1) is 17.8 Å². The molecule has 0 heterocycles. The van der Waals surface area contributed by atoms with E-state index in [1.807, 2.05) is 0 Å². The summed E-state index contributed by atoms with van der Waals surface area (Å²) in [7, 11) is 2.28. The zero-order valence-corrected chi connectivity index (χ0v) is 11.8. The predicted molar refractivity (Wildman–Crippen MR) is 71.7 cm³/mol. The molecule has 2 atom stereocenters. The second-order valence-corrected chi connectivity index (χ2v) is 6.15. The van der Waals surface area contributed by atoms with Crippen molar-refractivity contribution in [3.8, 4) is 0 Å². The smallest absolute Gasteiger partial charge is 0.0102 e. The Hall–Kier alpha value is -0.0800. The highest BCUT2D eigenvalue weighted by Gasteiger charge is 2.26. The van der Waals surface area contributed by atoms with E-state index in [0.717, 1.165) is 30.8 Å². The summed E-state index contributed by atoms with van der Waals surface area (Å²) in [5.41, 5.74) is 0. The molecule has 2 heteroatoms. The maximum absolute atomic E-state index is 3.56. The van der Waals surface area contributed by atoms with Crippen LogP contribution in [0.25, 0.3) is 0 Å². The maximum atomic E-state index is 3.56. The molecule has 0 spiro atoms. The van der Waals surface area contributed by atoms with Crippen LogP contribution in [0.1, 0.15) is 40.5 Å². The van der Waals surface area contributed by atoms with Crippen molar-refractivity contribution in [1.82, 2.24) is 10.2 Å². The minimum atomic E-state index is 0.695. The van der Waals surface area contributed by atoms with Gasteiger partial charge in [0.25, 0.3) is 0 Å². The van der Waals surface area contributed by atoms with Gasteiger partial charge in [-0.25, -0.2) is 0 Å². The van der Waals surface area contributed by atoms with Gasteiger partial charge in [0.1, 0.15) is 0 Å². The summed E-state index contributed by atoms with van der Waals surface area (Å²) in [6, 6.07) is 0.695. The Bertz CT molecular complexity index is 187. The summed E-state index contributed by atoms with van der Waals surface area (Å²) in [6.45, 7) is 12.8. The molecule has 1 fully saturated rings. The van der Waals surface area contributed by atoms with Gasteiger partial charge in [-0.3, -0.25) is 0 Å². The number of hydrogen-bond acceptors (Lipinski definition) is 2. The highest BCUT2D eigenvalue weighted by molar-refractivity contribution is 4.80. The van der Waals surface area contributed by atoms with Gasteiger partial charge in [0.2, 0.25) is 0 Å². The molecule has 0 aromatic carbocycles. The lowest BCUT2D eigenvalue weighted by atomic mass is 10.0. The van der Waals surface area contributed by atoms with Crippen LogP contribution in [0.15, 0.2) is 0 Å². The molecule has 1 rings (SSSR count). The van der Waals surface area contributed by atoms with Crippen LogP contribution in [0.5, 0.6) is 0 Å². The van der Waals surface area contributed by atoms with Crippen molar-refractivity contribution in [2.75, 3.05) is 26.7 Å². The molecule has 1 N–H and O–H groups in total. The van der Waals surface area contributed by atoms with E-state index in [-0.39, 0.29) is 0 Å². The lowest BCUT2D eigenvalue weighted by Crippen LogP contribution is -2.40. The molecule has 1 saturated carbocycles. The molecule has 16 heavy (non-hydrogen) atoms. The standard InChI is InChI=1S/C14H30N2/c1-11(2)8-15-9-12(3)13(4)16(5)10-14-6-7-14/h11-15H,6-10H2,1-5H3. The van der Waals surface area contributed by atoms with Crippen molar-refractivity contribution in [1.29, 1.82) is 0 Å². The Kier molecular flexibility index (Phi) is 5.77. The Morgan fingerprint density at radius 1 is 1.12 bits per heavy atom. The molecule has 0 aliphatic heterocycles. The molecule has 0 amide bonds. The molecule has 0 radical (unpaired) electrons. The number of nitrogens with zero attached hydrogens (tertiary/aromatic N) is 1. The molecule has 2 unspecified atom stereocenters.